The summed E-state index contributed by atoms with van der Waals surface area (Å²) >= 11 is 0. The second-order valence-corrected chi connectivity index (χ2v) is 6.44. The maximum Gasteiger partial charge on any atom is 0.265 e. The number of pyridine rings is 1. The number of hydrogen-bond donors (Lipinski definition) is 1. The fourth-order valence-electron chi connectivity index (χ4n) is 3.05. The summed E-state index contributed by atoms with van der Waals surface area (Å²) in [6.45, 7) is 0.834. The van der Waals surface area contributed by atoms with E-state index >= 15 is 0 Å². The molecule has 28 heavy (non-hydrogen) atoms. The van der Waals surface area contributed by atoms with Gasteiger partial charge in [0.2, 0.25) is 0 Å². The highest BCUT2D eigenvalue weighted by Crippen LogP contribution is 2.32. The summed E-state index contributed by atoms with van der Waals surface area (Å²) in [4.78, 5) is 30.5. The summed E-state index contributed by atoms with van der Waals surface area (Å²) in [5.41, 5.74) is 3.06. The van der Waals surface area contributed by atoms with Crippen molar-refractivity contribution in [2.75, 3.05) is 11.5 Å². The van der Waals surface area contributed by atoms with Crippen LogP contribution in [0.5, 0.6) is 5.75 Å². The minimum atomic E-state index is -0.162. The molecule has 140 valence electrons. The standard InChI is InChI=1S/C22H19N3O3/c26-21-15-28-20-7-2-1-6-19(20)25(21)14-16-8-10-17(11-9-16)22(27)24-13-18-5-3-4-12-23-18/h1-12H,13-15H2,(H,24,27). The average Bonchev–Trinajstić information content (AvgIpc) is 2.75. The highest BCUT2D eigenvalue weighted by Gasteiger charge is 2.25. The molecule has 1 aliphatic rings. The molecule has 0 atom stereocenters. The van der Waals surface area contributed by atoms with E-state index in [1.807, 2.05) is 54.6 Å². The maximum atomic E-state index is 12.3. The minimum Gasteiger partial charge on any atom is -0.482 e. The predicted molar refractivity (Wildman–Crippen MR) is 105 cm³/mol. The lowest BCUT2D eigenvalue weighted by atomic mass is 10.1. The van der Waals surface area contributed by atoms with Gasteiger partial charge in [-0.25, -0.2) is 0 Å². The first-order chi connectivity index (χ1) is 13.7. The molecule has 6 nitrogen and oxygen atoms in total. The highest BCUT2D eigenvalue weighted by molar-refractivity contribution is 5.98. The summed E-state index contributed by atoms with van der Waals surface area (Å²) in [6, 6.07) is 20.3. The van der Waals surface area contributed by atoms with Crippen LogP contribution in [0.2, 0.25) is 0 Å². The van der Waals surface area contributed by atoms with Crippen molar-refractivity contribution in [1.82, 2.24) is 10.3 Å². The van der Waals surface area contributed by atoms with Crippen molar-refractivity contribution in [2.45, 2.75) is 13.1 Å². The van der Waals surface area contributed by atoms with Crippen molar-refractivity contribution in [3.8, 4) is 5.75 Å². The first kappa shape index (κ1) is 17.7. The number of aromatic nitrogens is 1. The quantitative estimate of drug-likeness (QED) is 0.746. The minimum absolute atomic E-state index is 0.0328. The van der Waals surface area contributed by atoms with Gasteiger partial charge in [0.15, 0.2) is 6.61 Å². The molecule has 4 rings (SSSR count). The Morgan fingerprint density at radius 3 is 2.61 bits per heavy atom. The van der Waals surface area contributed by atoms with Gasteiger partial charge in [-0.05, 0) is 42.0 Å². The molecular weight excluding hydrogens is 354 g/mol. The smallest absolute Gasteiger partial charge is 0.265 e. The van der Waals surface area contributed by atoms with Crippen LogP contribution in [0.1, 0.15) is 21.6 Å². The van der Waals surface area contributed by atoms with Crippen LogP contribution < -0.4 is 15.0 Å². The Balaban J connectivity index is 1.42. The van der Waals surface area contributed by atoms with Crippen molar-refractivity contribution in [1.29, 1.82) is 0 Å². The molecule has 2 aromatic carbocycles. The third kappa shape index (κ3) is 3.86. The van der Waals surface area contributed by atoms with Crippen LogP contribution in [0.25, 0.3) is 0 Å². The number of carbonyl (C=O) groups is 2. The van der Waals surface area contributed by atoms with Crippen LogP contribution in [-0.4, -0.2) is 23.4 Å². The number of nitrogens with zero attached hydrogens (tertiary/aromatic N) is 2. The third-order valence-corrected chi connectivity index (χ3v) is 4.52. The Morgan fingerprint density at radius 1 is 1.04 bits per heavy atom. The molecule has 2 amide bonds. The second kappa shape index (κ2) is 7.92. The Labute approximate surface area is 162 Å². The molecule has 0 saturated carbocycles. The van der Waals surface area contributed by atoms with Crippen LogP contribution in [-0.2, 0) is 17.9 Å². The molecule has 3 aromatic rings. The summed E-state index contributed by atoms with van der Waals surface area (Å²) in [6.07, 6.45) is 1.70. The number of nitrogens with one attached hydrogen (secondary N) is 1. The van der Waals surface area contributed by atoms with E-state index in [-0.39, 0.29) is 18.4 Å². The topological polar surface area (TPSA) is 71.5 Å². The van der Waals surface area contributed by atoms with Gasteiger partial charge in [-0.15, -0.1) is 0 Å². The van der Waals surface area contributed by atoms with Gasteiger partial charge >= 0.3 is 0 Å². The van der Waals surface area contributed by atoms with E-state index in [2.05, 4.69) is 10.3 Å². The molecule has 0 unspecified atom stereocenters. The SMILES string of the molecule is O=C(NCc1ccccn1)c1ccc(CN2C(=O)COc3ccccc32)cc1. The van der Waals surface area contributed by atoms with Crippen LogP contribution >= 0.6 is 0 Å². The lowest BCUT2D eigenvalue weighted by Gasteiger charge is -2.29. The number of amides is 2. The summed E-state index contributed by atoms with van der Waals surface area (Å²) < 4.78 is 5.47. The molecule has 0 fully saturated rings. The molecule has 0 spiro atoms. The zero-order chi connectivity index (χ0) is 19.3. The molecule has 0 aliphatic carbocycles. The first-order valence-corrected chi connectivity index (χ1v) is 9.00. The van der Waals surface area contributed by atoms with Gasteiger partial charge in [0.05, 0.1) is 24.5 Å². The van der Waals surface area contributed by atoms with Crippen molar-refractivity contribution in [3.05, 3.63) is 89.7 Å². The number of para-hydroxylation sites is 2. The predicted octanol–water partition coefficient (Wildman–Crippen LogP) is 2.94. The van der Waals surface area contributed by atoms with Crippen LogP contribution in [0, 0.1) is 0 Å². The normalized spacial score (nSPS) is 12.9. The molecular formula is C22H19N3O3. The molecule has 1 aliphatic heterocycles. The van der Waals surface area contributed by atoms with Gasteiger partial charge < -0.3 is 15.0 Å². The Kier molecular flexibility index (Phi) is 5.01. The molecule has 1 N–H and O–H groups in total. The summed E-state index contributed by atoms with van der Waals surface area (Å²) in [7, 11) is 0. The number of benzene rings is 2. The van der Waals surface area contributed by atoms with Crippen LogP contribution in [0.3, 0.4) is 0 Å². The van der Waals surface area contributed by atoms with Crippen molar-refractivity contribution in [3.63, 3.8) is 0 Å². The van der Waals surface area contributed by atoms with E-state index in [1.165, 1.54) is 0 Å². The molecule has 2 heterocycles. The van der Waals surface area contributed by atoms with Gasteiger partial charge in [-0.3, -0.25) is 14.6 Å². The van der Waals surface area contributed by atoms with Crippen molar-refractivity contribution < 1.29 is 14.3 Å². The van der Waals surface area contributed by atoms with Crippen molar-refractivity contribution >= 4 is 17.5 Å². The monoisotopic (exact) mass is 373 g/mol. The second-order valence-electron chi connectivity index (χ2n) is 6.44. The highest BCUT2D eigenvalue weighted by atomic mass is 16.5. The summed E-state index contributed by atoms with van der Waals surface area (Å²) in [5, 5.41) is 2.85. The lowest BCUT2D eigenvalue weighted by Crippen LogP contribution is -2.38. The first-order valence-electron chi connectivity index (χ1n) is 9.00. The fourth-order valence-corrected chi connectivity index (χ4v) is 3.05. The van der Waals surface area contributed by atoms with E-state index in [0.717, 1.165) is 16.9 Å². The average molecular weight is 373 g/mol. The Morgan fingerprint density at radius 2 is 1.82 bits per heavy atom. The third-order valence-electron chi connectivity index (χ3n) is 4.52. The van der Waals surface area contributed by atoms with E-state index < -0.39 is 0 Å². The molecule has 0 bridgehead atoms. The number of ether oxygens (including phenoxy) is 1. The van der Waals surface area contributed by atoms with Crippen molar-refractivity contribution in [2.24, 2.45) is 0 Å². The molecule has 1 aromatic heterocycles. The van der Waals surface area contributed by atoms with E-state index in [9.17, 15) is 9.59 Å². The van der Waals surface area contributed by atoms with Gasteiger partial charge in [-0.2, -0.15) is 0 Å². The number of carbonyl (C=O) groups excluding carboxylic acids is 2. The van der Waals surface area contributed by atoms with Crippen LogP contribution in [0.4, 0.5) is 5.69 Å². The van der Waals surface area contributed by atoms with Gasteiger partial charge in [-0.1, -0.05) is 30.3 Å². The maximum absolute atomic E-state index is 12.3. The fraction of sp³-hybridized carbons (Fsp3) is 0.136. The molecule has 0 saturated heterocycles. The van der Waals surface area contributed by atoms with Gasteiger partial charge in [0, 0.05) is 11.8 Å². The Bertz CT molecular complexity index is 987. The summed E-state index contributed by atoms with van der Waals surface area (Å²) in [5.74, 6) is 0.452. The Hall–Kier alpha value is -3.67. The van der Waals surface area contributed by atoms with Gasteiger partial charge in [0.25, 0.3) is 11.8 Å². The number of anilines is 1. The van der Waals surface area contributed by atoms with E-state index in [0.29, 0.717) is 24.4 Å². The lowest BCUT2D eigenvalue weighted by molar-refractivity contribution is -0.121. The number of rotatable bonds is 5. The van der Waals surface area contributed by atoms with E-state index in [4.69, 9.17) is 4.74 Å². The zero-order valence-electron chi connectivity index (χ0n) is 15.2. The molecule has 6 heteroatoms. The zero-order valence-corrected chi connectivity index (χ0v) is 15.2. The molecule has 0 radical (unpaired) electrons. The van der Waals surface area contributed by atoms with Crippen LogP contribution in [0.15, 0.2) is 72.9 Å². The van der Waals surface area contributed by atoms with E-state index in [1.54, 1.807) is 23.2 Å². The largest absolute Gasteiger partial charge is 0.482 e. The number of fused-ring (bicyclic) bond motifs is 1. The van der Waals surface area contributed by atoms with Gasteiger partial charge in [0.1, 0.15) is 5.75 Å². The number of hydrogen-bond acceptors (Lipinski definition) is 4.